The van der Waals surface area contributed by atoms with Crippen molar-refractivity contribution in [3.05, 3.63) is 46.5 Å². The largest absolute Gasteiger partial charge is 0.463 e. The number of hydrogen-bond donors (Lipinski definition) is 1. The minimum Gasteiger partial charge on any atom is -0.463 e. The fourth-order valence-electron chi connectivity index (χ4n) is 4.55. The van der Waals surface area contributed by atoms with Crippen molar-refractivity contribution < 1.29 is 52.4 Å². The third kappa shape index (κ3) is 13.6. The molecule has 1 saturated heterocycles. The van der Waals surface area contributed by atoms with Gasteiger partial charge in [-0.1, -0.05) is 34.1 Å². The summed E-state index contributed by atoms with van der Waals surface area (Å²) in [5.74, 6) is -2.98. The summed E-state index contributed by atoms with van der Waals surface area (Å²) in [4.78, 5) is 65.9. The van der Waals surface area contributed by atoms with E-state index in [-0.39, 0.29) is 19.6 Å². The van der Waals surface area contributed by atoms with E-state index in [4.69, 9.17) is 28.4 Å². The Kier molecular flexibility index (Phi) is 15.7. The maximum atomic E-state index is 13.6. The number of hydrogen-bond acceptors (Lipinski definition) is 12. The topological polar surface area (TPSA) is 153 Å². The molecule has 0 amide bonds. The van der Waals surface area contributed by atoms with E-state index in [0.29, 0.717) is 0 Å². The smallest absolute Gasteiger partial charge is 0.330 e. The molecule has 1 aliphatic heterocycles. The van der Waals surface area contributed by atoms with Crippen LogP contribution in [0, 0.1) is 21.7 Å². The van der Waals surface area contributed by atoms with Crippen LogP contribution in [0.3, 0.4) is 0 Å². The van der Waals surface area contributed by atoms with Gasteiger partial charge in [0.15, 0.2) is 24.5 Å². The number of rotatable bonds is 12. The summed E-state index contributed by atoms with van der Waals surface area (Å²) in [5.41, 5.74) is -3.08. The number of carbonyl (C=O) groups is 5. The number of benzene rings is 1. The zero-order chi connectivity index (χ0) is 39.8. The van der Waals surface area contributed by atoms with Gasteiger partial charge in [0, 0.05) is 16.6 Å². The summed E-state index contributed by atoms with van der Waals surface area (Å²) in [5, 5.41) is 3.41. The van der Waals surface area contributed by atoms with Crippen LogP contribution in [0.15, 0.2) is 40.9 Å². The Bertz CT molecular complexity index is 1430. The second kappa shape index (κ2) is 18.2. The molecule has 0 aliphatic carbocycles. The van der Waals surface area contributed by atoms with Gasteiger partial charge in [0.2, 0.25) is 0 Å². The predicted octanol–water partition coefficient (Wildman–Crippen LogP) is 6.78. The van der Waals surface area contributed by atoms with Crippen molar-refractivity contribution in [2.24, 2.45) is 21.7 Å². The Morgan fingerprint density at radius 3 is 1.63 bits per heavy atom. The first-order valence-corrected chi connectivity index (χ1v) is 18.4. The number of nitrogens with one attached hydrogen (secondary N) is 1. The van der Waals surface area contributed by atoms with Gasteiger partial charge in [0.05, 0.1) is 28.3 Å². The van der Waals surface area contributed by atoms with Crippen molar-refractivity contribution in [2.75, 3.05) is 13.2 Å². The van der Waals surface area contributed by atoms with Crippen LogP contribution in [0.4, 0.5) is 0 Å². The van der Waals surface area contributed by atoms with Crippen LogP contribution >= 0.6 is 15.9 Å². The fraction of sp³-hybridized carbons (Fsp3) is 0.667. The van der Waals surface area contributed by atoms with Gasteiger partial charge in [0.25, 0.3) is 0 Å². The molecule has 1 N–H and O–H groups in total. The third-order valence-corrected chi connectivity index (χ3v) is 8.27. The summed E-state index contributed by atoms with van der Waals surface area (Å²) < 4.78 is 36.5. The van der Waals surface area contributed by atoms with Crippen molar-refractivity contribution in [3.8, 4) is 0 Å². The highest BCUT2D eigenvalue weighted by Gasteiger charge is 2.55. The normalized spacial score (nSPS) is 21.9. The summed E-state index contributed by atoms with van der Waals surface area (Å²) in [7, 11) is 0. The first-order valence-electron chi connectivity index (χ1n) is 17.6. The molecular weight excluding hydrogens is 738 g/mol. The number of halogens is 1. The zero-order valence-electron chi connectivity index (χ0n) is 32.9. The average Bonchev–Trinajstić information content (AvgIpc) is 3.00. The van der Waals surface area contributed by atoms with Gasteiger partial charge in [-0.05, 0) is 114 Å². The average molecular weight is 797 g/mol. The van der Waals surface area contributed by atoms with Crippen LogP contribution in [0.1, 0.15) is 108 Å². The van der Waals surface area contributed by atoms with Crippen molar-refractivity contribution in [1.29, 1.82) is 0 Å². The van der Waals surface area contributed by atoms with Gasteiger partial charge in [-0.15, -0.1) is 0 Å². The fourth-order valence-corrected chi connectivity index (χ4v) is 4.81. The SMILES string of the molecule is CCOC(=O)/C=C/C[C@H](N[C@@H]1O[C@H](COC(=O)C(C)(C)C)[C@H](OC(=O)C(C)(C)C)[C@H](OC(=O)C(C)(C)C)[C@H]1OC(=O)C(C)(C)C)c1ccc(Br)cc1. The maximum Gasteiger partial charge on any atom is 0.330 e. The summed E-state index contributed by atoms with van der Waals surface area (Å²) in [6, 6.07) is 6.87. The molecule has 1 heterocycles. The second-order valence-electron chi connectivity index (χ2n) is 17.0. The first kappa shape index (κ1) is 44.9. The summed E-state index contributed by atoms with van der Waals surface area (Å²) in [6.45, 7) is 21.6. The van der Waals surface area contributed by atoms with Crippen LogP contribution in [0.25, 0.3) is 0 Å². The molecule has 2 rings (SSSR count). The lowest BCUT2D eigenvalue weighted by atomic mass is 9.92. The van der Waals surface area contributed by atoms with E-state index in [0.717, 1.165) is 10.0 Å². The quantitative estimate of drug-likeness (QED) is 0.135. The van der Waals surface area contributed by atoms with Gasteiger partial charge in [-0.2, -0.15) is 0 Å². The maximum absolute atomic E-state index is 13.6. The Labute approximate surface area is 317 Å². The van der Waals surface area contributed by atoms with Gasteiger partial charge < -0.3 is 28.4 Å². The third-order valence-electron chi connectivity index (χ3n) is 7.74. The molecule has 6 atom stereocenters. The Morgan fingerprint density at radius 2 is 1.17 bits per heavy atom. The predicted molar refractivity (Wildman–Crippen MR) is 197 cm³/mol. The lowest BCUT2D eigenvalue weighted by Gasteiger charge is -2.47. The van der Waals surface area contributed by atoms with Gasteiger partial charge >= 0.3 is 29.8 Å². The molecular formula is C39H58BrNO11. The zero-order valence-corrected chi connectivity index (χ0v) is 34.5. The molecule has 13 heteroatoms. The molecule has 0 spiro atoms. The molecule has 292 valence electrons. The van der Waals surface area contributed by atoms with E-state index < -0.39 is 88.2 Å². The molecule has 0 bridgehead atoms. The monoisotopic (exact) mass is 795 g/mol. The second-order valence-corrected chi connectivity index (χ2v) is 17.9. The van der Waals surface area contributed by atoms with Crippen LogP contribution in [0.5, 0.6) is 0 Å². The minimum absolute atomic E-state index is 0.213. The van der Waals surface area contributed by atoms with Crippen molar-refractivity contribution in [2.45, 2.75) is 133 Å². The highest BCUT2D eigenvalue weighted by Crippen LogP contribution is 2.35. The lowest BCUT2D eigenvalue weighted by Crippen LogP contribution is -2.66. The molecule has 1 aliphatic rings. The van der Waals surface area contributed by atoms with E-state index in [2.05, 4.69) is 21.2 Å². The molecule has 0 saturated carbocycles. The van der Waals surface area contributed by atoms with E-state index in [1.807, 2.05) is 24.3 Å². The standard InChI is InChI=1S/C39H58BrNO11/c1-14-47-27(42)17-15-16-25(23-18-20-24(40)21-19-23)41-31-30(52-35(46)39(11,12)13)29(51-34(45)38(8,9)10)28(50-33(44)37(5,6)7)26(49-31)22-48-32(43)36(2,3)4/h15,17-21,25-26,28-31,41H,14,16,22H2,1-13H3/b17-15+/t25-,26+,28-,29-,30+,31+/m0/s1. The molecule has 12 nitrogen and oxygen atoms in total. The van der Waals surface area contributed by atoms with E-state index in [1.165, 1.54) is 6.08 Å². The highest BCUT2D eigenvalue weighted by molar-refractivity contribution is 9.10. The number of esters is 5. The molecule has 52 heavy (non-hydrogen) atoms. The van der Waals surface area contributed by atoms with Crippen LogP contribution in [-0.2, 0) is 52.4 Å². The molecule has 0 aromatic heterocycles. The van der Waals surface area contributed by atoms with Crippen molar-refractivity contribution >= 4 is 45.8 Å². The Hall–Kier alpha value is -3.29. The molecule has 1 fully saturated rings. The summed E-state index contributed by atoms with van der Waals surface area (Å²) in [6.07, 6.45) is -3.32. The minimum atomic E-state index is -1.41. The van der Waals surface area contributed by atoms with Crippen LogP contribution < -0.4 is 5.32 Å². The first-order chi connectivity index (χ1) is 23.7. The van der Waals surface area contributed by atoms with E-state index >= 15 is 0 Å². The van der Waals surface area contributed by atoms with Gasteiger partial charge in [-0.3, -0.25) is 24.5 Å². The highest BCUT2D eigenvalue weighted by atomic mass is 79.9. The Balaban J connectivity index is 2.81. The molecule has 1 aromatic rings. The van der Waals surface area contributed by atoms with Crippen LogP contribution in [-0.4, -0.2) is 73.7 Å². The molecule has 1 aromatic carbocycles. The van der Waals surface area contributed by atoms with Crippen LogP contribution in [0.2, 0.25) is 0 Å². The van der Waals surface area contributed by atoms with E-state index in [1.54, 1.807) is 96.1 Å². The molecule has 0 unspecified atom stereocenters. The Morgan fingerprint density at radius 1 is 0.712 bits per heavy atom. The summed E-state index contributed by atoms with van der Waals surface area (Å²) >= 11 is 3.47. The van der Waals surface area contributed by atoms with Crippen molar-refractivity contribution in [3.63, 3.8) is 0 Å². The number of carbonyl (C=O) groups excluding carboxylic acids is 5. The molecule has 0 radical (unpaired) electrons. The van der Waals surface area contributed by atoms with Crippen molar-refractivity contribution in [1.82, 2.24) is 5.32 Å². The lowest BCUT2D eigenvalue weighted by molar-refractivity contribution is -0.266. The van der Waals surface area contributed by atoms with Gasteiger partial charge in [-0.25, -0.2) is 4.79 Å². The van der Waals surface area contributed by atoms with E-state index in [9.17, 15) is 24.0 Å². The number of ether oxygens (including phenoxy) is 6. The van der Waals surface area contributed by atoms with Gasteiger partial charge in [0.1, 0.15) is 12.7 Å².